The Morgan fingerprint density at radius 2 is 2.05 bits per heavy atom. The first-order valence-electron chi connectivity index (χ1n) is 6.75. The predicted molar refractivity (Wildman–Crippen MR) is 80.9 cm³/mol. The zero-order chi connectivity index (χ0) is 15.3. The lowest BCUT2D eigenvalue weighted by atomic mass is 10.2. The van der Waals surface area contributed by atoms with E-state index in [-0.39, 0.29) is 28.0 Å². The van der Waals surface area contributed by atoms with Gasteiger partial charge in [0.15, 0.2) is 4.67 Å². The summed E-state index contributed by atoms with van der Waals surface area (Å²) in [5.74, 6) is 0.229. The number of hydrogen-bond acceptors (Lipinski definition) is 4. The summed E-state index contributed by atoms with van der Waals surface area (Å²) >= 11 is 3.11. The van der Waals surface area contributed by atoms with Crippen molar-refractivity contribution < 1.29 is 17.9 Å². The van der Waals surface area contributed by atoms with Gasteiger partial charge in [-0.15, -0.1) is 0 Å². The van der Waals surface area contributed by atoms with E-state index in [1.54, 1.807) is 0 Å². The number of furan rings is 1. The molecule has 0 amide bonds. The average Bonchev–Trinajstić information content (AvgIpc) is 2.76. The molecule has 5 nitrogen and oxygen atoms in total. The van der Waals surface area contributed by atoms with E-state index in [9.17, 15) is 8.42 Å². The van der Waals surface area contributed by atoms with Crippen LogP contribution in [0.25, 0.3) is 0 Å². The molecule has 0 aliphatic heterocycles. The van der Waals surface area contributed by atoms with Crippen molar-refractivity contribution in [1.82, 2.24) is 4.31 Å². The molecule has 1 heterocycles. The number of rotatable bonds is 8. The largest absolute Gasteiger partial charge is 0.450 e. The van der Waals surface area contributed by atoms with Crippen molar-refractivity contribution in [2.45, 2.75) is 57.6 Å². The van der Waals surface area contributed by atoms with Crippen LogP contribution in [-0.2, 0) is 16.6 Å². The summed E-state index contributed by atoms with van der Waals surface area (Å²) in [5, 5.41) is 9.04. The molecule has 116 valence electrons. The fourth-order valence-electron chi connectivity index (χ4n) is 1.95. The van der Waals surface area contributed by atoms with E-state index in [2.05, 4.69) is 22.9 Å². The summed E-state index contributed by atoms with van der Waals surface area (Å²) in [6.07, 6.45) is 2.86. The number of hydrogen-bond donors (Lipinski definition) is 1. The number of nitrogens with zero attached hydrogens (tertiary/aromatic N) is 1. The van der Waals surface area contributed by atoms with Gasteiger partial charge in [-0.1, -0.05) is 19.8 Å². The molecule has 0 aliphatic carbocycles. The maximum Gasteiger partial charge on any atom is 0.247 e. The molecule has 0 aromatic carbocycles. The Morgan fingerprint density at radius 3 is 2.50 bits per heavy atom. The highest BCUT2D eigenvalue weighted by atomic mass is 79.9. The minimum Gasteiger partial charge on any atom is -0.450 e. The Balaban J connectivity index is 3.06. The summed E-state index contributed by atoms with van der Waals surface area (Å²) in [6.45, 7) is 5.94. The van der Waals surface area contributed by atoms with Crippen molar-refractivity contribution in [2.24, 2.45) is 0 Å². The number of unbranched alkanes of at least 4 members (excludes halogenated alkanes) is 2. The molecule has 0 saturated heterocycles. The molecule has 1 N–H and O–H groups in total. The number of aliphatic hydroxyl groups excluding tert-OH is 1. The minimum absolute atomic E-state index is 0.0757. The Hall–Kier alpha value is -0.370. The second-order valence-corrected chi connectivity index (χ2v) is 7.50. The lowest BCUT2D eigenvalue weighted by Crippen LogP contribution is -2.37. The van der Waals surface area contributed by atoms with Crippen LogP contribution in [0.1, 0.15) is 45.8 Å². The molecule has 1 aromatic heterocycles. The van der Waals surface area contributed by atoms with E-state index >= 15 is 0 Å². The molecule has 0 aliphatic rings. The molecular weight excluding hydrogens is 346 g/mol. The summed E-state index contributed by atoms with van der Waals surface area (Å²) in [5.41, 5.74) is 0. The van der Waals surface area contributed by atoms with Crippen LogP contribution in [0.3, 0.4) is 0 Å². The van der Waals surface area contributed by atoms with E-state index in [4.69, 9.17) is 9.52 Å². The molecule has 1 rings (SSSR count). The second kappa shape index (κ2) is 7.59. The van der Waals surface area contributed by atoms with Crippen LogP contribution in [0.15, 0.2) is 20.0 Å². The van der Waals surface area contributed by atoms with E-state index in [0.29, 0.717) is 6.54 Å². The van der Waals surface area contributed by atoms with Gasteiger partial charge in [0.05, 0.1) is 0 Å². The minimum atomic E-state index is -3.62. The van der Waals surface area contributed by atoms with Crippen molar-refractivity contribution in [1.29, 1.82) is 0 Å². The van der Waals surface area contributed by atoms with Gasteiger partial charge in [0.1, 0.15) is 17.3 Å². The van der Waals surface area contributed by atoms with Gasteiger partial charge in [0.2, 0.25) is 10.0 Å². The summed E-state index contributed by atoms with van der Waals surface area (Å²) in [7, 11) is -3.62. The Morgan fingerprint density at radius 1 is 1.40 bits per heavy atom. The monoisotopic (exact) mass is 367 g/mol. The number of halogens is 1. The van der Waals surface area contributed by atoms with Gasteiger partial charge >= 0.3 is 0 Å². The van der Waals surface area contributed by atoms with E-state index in [1.807, 2.05) is 13.8 Å². The molecule has 0 radical (unpaired) electrons. The van der Waals surface area contributed by atoms with Gasteiger partial charge in [-0.2, -0.15) is 4.31 Å². The van der Waals surface area contributed by atoms with Crippen molar-refractivity contribution >= 4 is 26.0 Å². The first-order valence-corrected chi connectivity index (χ1v) is 8.98. The smallest absolute Gasteiger partial charge is 0.247 e. The molecule has 20 heavy (non-hydrogen) atoms. The third-order valence-electron chi connectivity index (χ3n) is 3.01. The van der Waals surface area contributed by atoms with Crippen LogP contribution in [0, 0.1) is 0 Å². The lowest BCUT2D eigenvalue weighted by Gasteiger charge is -2.25. The van der Waals surface area contributed by atoms with Crippen LogP contribution >= 0.6 is 15.9 Å². The fraction of sp³-hybridized carbons (Fsp3) is 0.692. The zero-order valence-electron chi connectivity index (χ0n) is 12.1. The van der Waals surface area contributed by atoms with Gasteiger partial charge in [-0.05, 0) is 36.2 Å². The van der Waals surface area contributed by atoms with Gasteiger partial charge in [-0.3, -0.25) is 0 Å². The third-order valence-corrected chi connectivity index (χ3v) is 5.94. The van der Waals surface area contributed by atoms with Gasteiger partial charge < -0.3 is 9.52 Å². The Labute approximate surface area is 129 Å². The second-order valence-electron chi connectivity index (χ2n) is 4.93. The van der Waals surface area contributed by atoms with E-state index in [1.165, 1.54) is 10.4 Å². The maximum atomic E-state index is 12.7. The van der Waals surface area contributed by atoms with Crippen molar-refractivity contribution in [3.8, 4) is 0 Å². The first-order chi connectivity index (χ1) is 9.34. The molecule has 0 bridgehead atoms. The average molecular weight is 368 g/mol. The topological polar surface area (TPSA) is 70.8 Å². The standard InChI is InChI=1S/C13H22BrNO4S/c1-4-5-6-7-15(10(2)3)20(17,18)12-8-11(9-16)19-13(12)14/h8,10,16H,4-7,9H2,1-3H3. The van der Waals surface area contributed by atoms with Gasteiger partial charge in [0.25, 0.3) is 0 Å². The van der Waals surface area contributed by atoms with Crippen molar-refractivity contribution in [2.75, 3.05) is 6.54 Å². The fourth-order valence-corrected chi connectivity index (χ4v) is 4.59. The molecule has 1 aromatic rings. The highest BCUT2D eigenvalue weighted by Crippen LogP contribution is 2.30. The molecule has 0 spiro atoms. The summed E-state index contributed by atoms with van der Waals surface area (Å²) in [6, 6.07) is 1.24. The van der Waals surface area contributed by atoms with Crippen LogP contribution in [0.4, 0.5) is 0 Å². The Bertz CT molecular complexity index is 524. The van der Waals surface area contributed by atoms with E-state index in [0.717, 1.165) is 19.3 Å². The molecular formula is C13H22BrNO4S. The number of aliphatic hydroxyl groups is 1. The highest BCUT2D eigenvalue weighted by molar-refractivity contribution is 9.10. The first kappa shape index (κ1) is 17.7. The predicted octanol–water partition coefficient (Wildman–Crippen LogP) is 3.12. The van der Waals surface area contributed by atoms with Crippen LogP contribution in [0.5, 0.6) is 0 Å². The molecule has 0 atom stereocenters. The van der Waals surface area contributed by atoms with E-state index < -0.39 is 10.0 Å². The molecule has 0 saturated carbocycles. The quantitative estimate of drug-likeness (QED) is 0.716. The molecule has 0 unspecified atom stereocenters. The lowest BCUT2D eigenvalue weighted by molar-refractivity contribution is 0.245. The van der Waals surface area contributed by atoms with Gasteiger partial charge in [-0.25, -0.2) is 8.42 Å². The van der Waals surface area contributed by atoms with Crippen LogP contribution in [-0.4, -0.2) is 30.4 Å². The van der Waals surface area contributed by atoms with Crippen molar-refractivity contribution in [3.05, 3.63) is 16.5 Å². The van der Waals surface area contributed by atoms with Crippen LogP contribution in [0.2, 0.25) is 0 Å². The Kier molecular flexibility index (Phi) is 6.71. The normalized spacial score (nSPS) is 12.6. The third kappa shape index (κ3) is 4.07. The van der Waals surface area contributed by atoms with Crippen LogP contribution < -0.4 is 0 Å². The summed E-state index contributed by atoms with van der Waals surface area (Å²) < 4.78 is 32.1. The highest BCUT2D eigenvalue weighted by Gasteiger charge is 2.30. The summed E-state index contributed by atoms with van der Waals surface area (Å²) in [4.78, 5) is 0.0757. The van der Waals surface area contributed by atoms with Gasteiger partial charge in [0, 0.05) is 18.7 Å². The van der Waals surface area contributed by atoms with Crippen molar-refractivity contribution in [3.63, 3.8) is 0 Å². The zero-order valence-corrected chi connectivity index (χ0v) is 14.5. The maximum absolute atomic E-state index is 12.7. The number of sulfonamides is 1. The molecule has 7 heteroatoms. The SMILES string of the molecule is CCCCCN(C(C)C)S(=O)(=O)c1cc(CO)oc1Br. The molecule has 0 fully saturated rings.